The molecule has 27 heavy (non-hydrogen) atoms. The minimum absolute atomic E-state index is 0.237. The fourth-order valence-electron chi connectivity index (χ4n) is 2.58. The first-order chi connectivity index (χ1) is 13.1. The minimum atomic E-state index is -0.281. The largest absolute Gasteiger partial charge is 0.271 e. The molecule has 4 amide bonds. The average molecular weight is 360 g/mol. The van der Waals surface area contributed by atoms with Gasteiger partial charge in [0, 0.05) is 24.3 Å². The van der Waals surface area contributed by atoms with Gasteiger partial charge < -0.3 is 0 Å². The normalized spacial score (nSPS) is 15.4. The van der Waals surface area contributed by atoms with Gasteiger partial charge in [-0.3, -0.25) is 24.1 Å². The van der Waals surface area contributed by atoms with Gasteiger partial charge in [-0.15, -0.1) is 0 Å². The second-order valence-electron chi connectivity index (χ2n) is 5.76. The van der Waals surface area contributed by atoms with Crippen molar-refractivity contribution in [1.29, 1.82) is 0 Å². The molecule has 0 spiro atoms. The maximum absolute atomic E-state index is 11.2. The van der Waals surface area contributed by atoms with Crippen molar-refractivity contribution in [2.75, 3.05) is 4.90 Å². The number of amides is 4. The van der Waals surface area contributed by atoms with E-state index in [4.69, 9.17) is 0 Å². The molecule has 6 nitrogen and oxygen atoms in total. The van der Waals surface area contributed by atoms with Gasteiger partial charge in [0.05, 0.1) is 12.2 Å². The first-order valence-electron chi connectivity index (χ1n) is 8.25. The standard InChI is InChI=1S/C11H9NO2.C10H7NO2/c13-10-6-7-11(14)12(10)8-9-4-2-1-3-5-9;12-9-6-7-10(13)11(9)8-4-2-1-3-5-8/h1-7H,8H2;1-7H. The first kappa shape index (κ1) is 18.0. The lowest BCUT2D eigenvalue weighted by Crippen LogP contribution is -2.29. The molecular formula is C21H16N2O4. The Morgan fingerprint density at radius 1 is 0.556 bits per heavy atom. The van der Waals surface area contributed by atoms with Gasteiger partial charge in [-0.2, -0.15) is 0 Å². The zero-order chi connectivity index (χ0) is 19.2. The van der Waals surface area contributed by atoms with Crippen LogP contribution >= 0.6 is 0 Å². The average Bonchev–Trinajstić information content (AvgIpc) is 3.19. The van der Waals surface area contributed by atoms with E-state index < -0.39 is 0 Å². The molecular weight excluding hydrogens is 344 g/mol. The number of nitrogens with zero attached hydrogens (tertiary/aromatic N) is 2. The maximum atomic E-state index is 11.2. The number of carbonyl (C=O) groups excluding carboxylic acids is 4. The predicted molar refractivity (Wildman–Crippen MR) is 99.2 cm³/mol. The summed E-state index contributed by atoms with van der Waals surface area (Å²) in [5.41, 5.74) is 1.57. The molecule has 2 aromatic carbocycles. The Labute approximate surface area is 156 Å². The zero-order valence-electron chi connectivity index (χ0n) is 14.3. The van der Waals surface area contributed by atoms with Gasteiger partial charge in [0.2, 0.25) is 0 Å². The zero-order valence-corrected chi connectivity index (χ0v) is 14.3. The number of para-hydroxylation sites is 1. The van der Waals surface area contributed by atoms with Crippen molar-refractivity contribution in [3.8, 4) is 0 Å². The smallest absolute Gasteiger partial charge is 0.258 e. The van der Waals surface area contributed by atoms with Crippen LogP contribution in [-0.2, 0) is 25.7 Å². The summed E-state index contributed by atoms with van der Waals surface area (Å²) in [7, 11) is 0. The van der Waals surface area contributed by atoms with E-state index in [0.717, 1.165) is 10.5 Å². The highest BCUT2D eigenvalue weighted by molar-refractivity contribution is 6.28. The molecule has 0 radical (unpaired) electrons. The van der Waals surface area contributed by atoms with Crippen molar-refractivity contribution >= 4 is 29.3 Å². The summed E-state index contributed by atoms with van der Waals surface area (Å²) in [4.78, 5) is 47.2. The summed E-state index contributed by atoms with van der Waals surface area (Å²) in [5.74, 6) is -1.04. The van der Waals surface area contributed by atoms with Crippen LogP contribution in [0.25, 0.3) is 0 Å². The predicted octanol–water partition coefficient (Wildman–Crippen LogP) is 2.23. The third-order valence-corrected chi connectivity index (χ3v) is 3.91. The molecule has 0 fully saturated rings. The second kappa shape index (κ2) is 8.05. The van der Waals surface area contributed by atoms with Gasteiger partial charge in [0.25, 0.3) is 23.6 Å². The summed E-state index contributed by atoms with van der Waals surface area (Å²) in [6.45, 7) is 0.353. The summed E-state index contributed by atoms with van der Waals surface area (Å²) in [6, 6.07) is 18.3. The van der Waals surface area contributed by atoms with Gasteiger partial charge in [-0.1, -0.05) is 48.5 Å². The fourth-order valence-corrected chi connectivity index (χ4v) is 2.58. The van der Waals surface area contributed by atoms with Crippen LogP contribution in [0.5, 0.6) is 0 Å². The Morgan fingerprint density at radius 2 is 1.00 bits per heavy atom. The van der Waals surface area contributed by atoms with Crippen molar-refractivity contribution in [2.45, 2.75) is 6.54 Å². The molecule has 2 aliphatic rings. The molecule has 0 unspecified atom stereocenters. The van der Waals surface area contributed by atoms with Gasteiger partial charge in [-0.05, 0) is 17.7 Å². The highest BCUT2D eigenvalue weighted by atomic mass is 16.2. The Bertz CT molecular complexity index is 897. The number of anilines is 1. The molecule has 0 N–H and O–H groups in total. The molecule has 0 saturated heterocycles. The molecule has 0 saturated carbocycles. The summed E-state index contributed by atoms with van der Waals surface area (Å²) in [6.07, 6.45) is 5.14. The quantitative estimate of drug-likeness (QED) is 0.787. The number of hydrogen-bond acceptors (Lipinski definition) is 4. The van der Waals surface area contributed by atoms with Gasteiger partial charge in [0.15, 0.2) is 0 Å². The summed E-state index contributed by atoms with van der Waals surface area (Å²) < 4.78 is 0. The number of benzene rings is 2. The van der Waals surface area contributed by atoms with Crippen molar-refractivity contribution in [1.82, 2.24) is 4.90 Å². The Kier molecular flexibility index (Phi) is 5.37. The highest BCUT2D eigenvalue weighted by Crippen LogP contribution is 2.17. The fraction of sp³-hybridized carbons (Fsp3) is 0.0476. The number of rotatable bonds is 3. The lowest BCUT2D eigenvalue weighted by Gasteiger charge is -2.13. The topological polar surface area (TPSA) is 74.8 Å². The van der Waals surface area contributed by atoms with Gasteiger partial charge >= 0.3 is 0 Å². The van der Waals surface area contributed by atoms with Crippen LogP contribution in [0.2, 0.25) is 0 Å². The second-order valence-corrected chi connectivity index (χ2v) is 5.76. The lowest BCUT2D eigenvalue weighted by atomic mass is 10.2. The van der Waals surface area contributed by atoms with E-state index in [9.17, 15) is 19.2 Å². The molecule has 6 heteroatoms. The lowest BCUT2D eigenvalue weighted by molar-refractivity contribution is -0.137. The molecule has 0 aliphatic carbocycles. The Balaban J connectivity index is 0.000000156. The first-order valence-corrected chi connectivity index (χ1v) is 8.25. The monoisotopic (exact) mass is 360 g/mol. The Hall–Kier alpha value is -3.80. The summed E-state index contributed by atoms with van der Waals surface area (Å²) in [5, 5.41) is 0. The van der Waals surface area contributed by atoms with E-state index >= 15 is 0 Å². The molecule has 0 aromatic heterocycles. The number of hydrogen-bond donors (Lipinski definition) is 0. The van der Waals surface area contributed by atoms with Crippen LogP contribution in [0, 0.1) is 0 Å². The minimum Gasteiger partial charge on any atom is -0.271 e. The van der Waals surface area contributed by atoms with Crippen molar-refractivity contribution in [3.63, 3.8) is 0 Å². The third-order valence-electron chi connectivity index (χ3n) is 3.91. The van der Waals surface area contributed by atoms with Crippen LogP contribution in [0.4, 0.5) is 5.69 Å². The van der Waals surface area contributed by atoms with Crippen LogP contribution < -0.4 is 4.90 Å². The Morgan fingerprint density at radius 3 is 1.52 bits per heavy atom. The van der Waals surface area contributed by atoms with E-state index in [-0.39, 0.29) is 23.6 Å². The molecule has 2 heterocycles. The third kappa shape index (κ3) is 4.24. The number of imide groups is 2. The van der Waals surface area contributed by atoms with Crippen molar-refractivity contribution < 1.29 is 19.2 Å². The molecule has 4 rings (SSSR count). The van der Waals surface area contributed by atoms with Crippen LogP contribution in [0.15, 0.2) is 85.0 Å². The van der Waals surface area contributed by atoms with E-state index in [2.05, 4.69) is 0 Å². The highest BCUT2D eigenvalue weighted by Gasteiger charge is 2.24. The van der Waals surface area contributed by atoms with Gasteiger partial charge in [-0.25, -0.2) is 4.90 Å². The van der Waals surface area contributed by atoms with Crippen LogP contribution in [0.1, 0.15) is 5.56 Å². The maximum Gasteiger partial charge on any atom is 0.258 e. The molecule has 2 aliphatic heterocycles. The van der Waals surface area contributed by atoms with Gasteiger partial charge in [0.1, 0.15) is 0 Å². The van der Waals surface area contributed by atoms with Crippen LogP contribution in [0.3, 0.4) is 0 Å². The number of carbonyl (C=O) groups is 4. The van der Waals surface area contributed by atoms with E-state index in [0.29, 0.717) is 12.2 Å². The SMILES string of the molecule is O=C1C=CC(=O)N1Cc1ccccc1.O=C1C=CC(=O)N1c1ccccc1. The van der Waals surface area contributed by atoms with E-state index in [1.54, 1.807) is 24.3 Å². The van der Waals surface area contributed by atoms with Crippen LogP contribution in [-0.4, -0.2) is 28.5 Å². The summed E-state index contributed by atoms with van der Waals surface area (Å²) >= 11 is 0. The van der Waals surface area contributed by atoms with E-state index in [1.165, 1.54) is 29.2 Å². The van der Waals surface area contributed by atoms with Crippen molar-refractivity contribution in [3.05, 3.63) is 90.5 Å². The molecule has 134 valence electrons. The molecule has 2 aromatic rings. The van der Waals surface area contributed by atoms with E-state index in [1.807, 2.05) is 36.4 Å². The van der Waals surface area contributed by atoms with Crippen molar-refractivity contribution in [2.24, 2.45) is 0 Å². The molecule has 0 atom stereocenters. The molecule has 0 bridgehead atoms.